The van der Waals surface area contributed by atoms with Gasteiger partial charge in [0.25, 0.3) is 0 Å². The summed E-state index contributed by atoms with van der Waals surface area (Å²) in [6.45, 7) is 0. The number of nitrogens with one attached hydrogen (secondary N) is 1. The SMILES string of the molecule is COC(=O)c1c[nH]cc1CCl. The van der Waals surface area contributed by atoms with Crippen molar-refractivity contribution in [3.05, 3.63) is 23.5 Å². The molecular formula is C7H8ClNO2. The summed E-state index contributed by atoms with van der Waals surface area (Å²) in [5.41, 5.74) is 1.26. The second-order valence-corrected chi connectivity index (χ2v) is 2.29. The van der Waals surface area contributed by atoms with Crippen LogP contribution in [0.3, 0.4) is 0 Å². The third-order valence-electron chi connectivity index (χ3n) is 1.38. The molecule has 4 heteroatoms. The van der Waals surface area contributed by atoms with Gasteiger partial charge >= 0.3 is 5.97 Å². The zero-order valence-corrected chi connectivity index (χ0v) is 6.81. The lowest BCUT2D eigenvalue weighted by Gasteiger charge is -1.96. The van der Waals surface area contributed by atoms with Crippen molar-refractivity contribution < 1.29 is 9.53 Å². The minimum Gasteiger partial charge on any atom is -0.465 e. The van der Waals surface area contributed by atoms with E-state index < -0.39 is 0 Å². The number of methoxy groups -OCH3 is 1. The second kappa shape index (κ2) is 3.44. The fourth-order valence-electron chi connectivity index (χ4n) is 0.807. The molecule has 60 valence electrons. The molecule has 0 aliphatic rings. The monoisotopic (exact) mass is 173 g/mol. The summed E-state index contributed by atoms with van der Waals surface area (Å²) in [6.07, 6.45) is 3.25. The van der Waals surface area contributed by atoms with Crippen molar-refractivity contribution in [1.82, 2.24) is 4.98 Å². The molecule has 1 rings (SSSR count). The number of H-pyrrole nitrogens is 1. The average Bonchev–Trinajstić information content (AvgIpc) is 2.50. The number of ether oxygens (including phenoxy) is 1. The Labute approximate surface area is 69.3 Å². The van der Waals surface area contributed by atoms with Gasteiger partial charge in [-0.1, -0.05) is 0 Å². The van der Waals surface area contributed by atoms with Crippen molar-refractivity contribution in [2.24, 2.45) is 0 Å². The van der Waals surface area contributed by atoms with Gasteiger partial charge in [0.15, 0.2) is 0 Å². The molecule has 0 aliphatic carbocycles. The van der Waals surface area contributed by atoms with E-state index in [-0.39, 0.29) is 5.97 Å². The van der Waals surface area contributed by atoms with Crippen LogP contribution in [0.2, 0.25) is 0 Å². The van der Waals surface area contributed by atoms with Crippen molar-refractivity contribution in [2.45, 2.75) is 5.88 Å². The van der Waals surface area contributed by atoms with E-state index in [9.17, 15) is 4.79 Å². The van der Waals surface area contributed by atoms with Crippen molar-refractivity contribution in [2.75, 3.05) is 7.11 Å². The third-order valence-corrected chi connectivity index (χ3v) is 1.67. The maximum atomic E-state index is 11.0. The zero-order chi connectivity index (χ0) is 8.27. The third kappa shape index (κ3) is 1.54. The first-order valence-electron chi connectivity index (χ1n) is 3.09. The Kier molecular flexibility index (Phi) is 2.54. The number of hydrogen-bond acceptors (Lipinski definition) is 2. The minimum atomic E-state index is -0.359. The maximum absolute atomic E-state index is 11.0. The summed E-state index contributed by atoms with van der Waals surface area (Å²) in [6, 6.07) is 0. The summed E-state index contributed by atoms with van der Waals surface area (Å²) in [5.74, 6) is -0.0459. The molecule has 0 atom stereocenters. The predicted octanol–water partition coefficient (Wildman–Crippen LogP) is 1.54. The van der Waals surface area contributed by atoms with E-state index in [1.54, 1.807) is 12.4 Å². The first-order valence-corrected chi connectivity index (χ1v) is 3.63. The molecular weight excluding hydrogens is 166 g/mol. The van der Waals surface area contributed by atoms with Gasteiger partial charge in [-0.15, -0.1) is 11.6 Å². The number of carbonyl (C=O) groups is 1. The molecule has 0 unspecified atom stereocenters. The van der Waals surface area contributed by atoms with Crippen LogP contribution in [0.1, 0.15) is 15.9 Å². The summed E-state index contributed by atoms with van der Waals surface area (Å²) in [4.78, 5) is 13.7. The van der Waals surface area contributed by atoms with Gasteiger partial charge in [-0.25, -0.2) is 4.79 Å². The first-order chi connectivity index (χ1) is 5.29. The molecule has 0 spiro atoms. The van der Waals surface area contributed by atoms with Crippen molar-refractivity contribution in [1.29, 1.82) is 0 Å². The minimum absolute atomic E-state index is 0.313. The molecule has 1 N–H and O–H groups in total. The molecule has 11 heavy (non-hydrogen) atoms. The average molecular weight is 174 g/mol. The predicted molar refractivity (Wildman–Crippen MR) is 41.7 cm³/mol. The lowest BCUT2D eigenvalue weighted by Crippen LogP contribution is -2.01. The van der Waals surface area contributed by atoms with Crippen LogP contribution in [-0.4, -0.2) is 18.1 Å². The Morgan fingerprint density at radius 2 is 2.45 bits per heavy atom. The van der Waals surface area contributed by atoms with E-state index in [0.717, 1.165) is 5.56 Å². The van der Waals surface area contributed by atoms with E-state index in [1.807, 2.05) is 0 Å². The summed E-state index contributed by atoms with van der Waals surface area (Å²) < 4.78 is 4.52. The highest BCUT2D eigenvalue weighted by molar-refractivity contribution is 6.17. The number of hydrogen-bond donors (Lipinski definition) is 1. The van der Waals surface area contributed by atoms with E-state index in [2.05, 4.69) is 9.72 Å². The number of aromatic amines is 1. The second-order valence-electron chi connectivity index (χ2n) is 2.02. The zero-order valence-electron chi connectivity index (χ0n) is 6.06. The maximum Gasteiger partial charge on any atom is 0.339 e. The molecule has 0 saturated heterocycles. The summed E-state index contributed by atoms with van der Waals surface area (Å²) in [7, 11) is 1.34. The molecule has 1 heterocycles. The van der Waals surface area contributed by atoms with Gasteiger partial charge in [-0.3, -0.25) is 0 Å². The number of carbonyl (C=O) groups excluding carboxylic acids is 1. The molecule has 0 bridgehead atoms. The molecule has 3 nitrogen and oxygen atoms in total. The number of alkyl halides is 1. The number of rotatable bonds is 2. The van der Waals surface area contributed by atoms with Gasteiger partial charge < -0.3 is 9.72 Å². The van der Waals surface area contributed by atoms with Crippen molar-refractivity contribution in [3.63, 3.8) is 0 Å². The Balaban J connectivity index is 2.92. The molecule has 0 radical (unpaired) electrons. The van der Waals surface area contributed by atoms with Crippen LogP contribution in [0.25, 0.3) is 0 Å². The lowest BCUT2D eigenvalue weighted by molar-refractivity contribution is 0.0600. The molecule has 0 fully saturated rings. The van der Waals surface area contributed by atoms with Crippen LogP contribution in [-0.2, 0) is 10.6 Å². The molecule has 0 saturated carbocycles. The quantitative estimate of drug-likeness (QED) is 0.545. The Morgan fingerprint density at radius 1 is 1.73 bits per heavy atom. The van der Waals surface area contributed by atoms with E-state index >= 15 is 0 Å². The molecule has 1 aromatic heterocycles. The van der Waals surface area contributed by atoms with Gasteiger partial charge in [0.05, 0.1) is 12.7 Å². The van der Waals surface area contributed by atoms with Gasteiger partial charge in [0.2, 0.25) is 0 Å². The normalized spacial score (nSPS) is 9.64. The van der Waals surface area contributed by atoms with Crippen LogP contribution in [0.15, 0.2) is 12.4 Å². The Morgan fingerprint density at radius 3 is 3.00 bits per heavy atom. The molecule has 0 amide bonds. The van der Waals surface area contributed by atoms with Crippen LogP contribution in [0.4, 0.5) is 0 Å². The van der Waals surface area contributed by atoms with Gasteiger partial charge in [-0.2, -0.15) is 0 Å². The number of esters is 1. The number of aromatic nitrogens is 1. The van der Waals surface area contributed by atoms with E-state index in [1.165, 1.54) is 7.11 Å². The molecule has 1 aromatic rings. The highest BCUT2D eigenvalue weighted by atomic mass is 35.5. The summed E-state index contributed by atoms with van der Waals surface area (Å²) in [5, 5.41) is 0. The van der Waals surface area contributed by atoms with Crippen LogP contribution in [0.5, 0.6) is 0 Å². The highest BCUT2D eigenvalue weighted by Gasteiger charge is 2.10. The van der Waals surface area contributed by atoms with Crippen molar-refractivity contribution >= 4 is 17.6 Å². The fourth-order valence-corrected chi connectivity index (χ4v) is 1.03. The smallest absolute Gasteiger partial charge is 0.339 e. The van der Waals surface area contributed by atoms with Crippen LogP contribution < -0.4 is 0 Å². The van der Waals surface area contributed by atoms with Gasteiger partial charge in [0, 0.05) is 18.3 Å². The largest absolute Gasteiger partial charge is 0.465 e. The van der Waals surface area contributed by atoms with Gasteiger partial charge in [0.1, 0.15) is 0 Å². The van der Waals surface area contributed by atoms with Crippen molar-refractivity contribution in [3.8, 4) is 0 Å². The highest BCUT2D eigenvalue weighted by Crippen LogP contribution is 2.11. The summed E-state index contributed by atoms with van der Waals surface area (Å²) >= 11 is 5.55. The first kappa shape index (κ1) is 8.14. The van der Waals surface area contributed by atoms with E-state index in [0.29, 0.717) is 11.4 Å². The lowest BCUT2D eigenvalue weighted by atomic mass is 10.2. The number of halogens is 1. The molecule has 0 aliphatic heterocycles. The van der Waals surface area contributed by atoms with Crippen LogP contribution >= 0.6 is 11.6 Å². The Bertz CT molecular complexity index is 257. The molecule has 0 aromatic carbocycles. The topological polar surface area (TPSA) is 42.1 Å². The van der Waals surface area contributed by atoms with Gasteiger partial charge in [-0.05, 0) is 5.56 Å². The Hall–Kier alpha value is -0.960. The standard InChI is InChI=1S/C7H8ClNO2/c1-11-7(10)6-4-9-3-5(6)2-8/h3-4,9H,2H2,1H3. The van der Waals surface area contributed by atoms with Crippen LogP contribution in [0, 0.1) is 0 Å². The fraction of sp³-hybridized carbons (Fsp3) is 0.286. The van der Waals surface area contributed by atoms with E-state index in [4.69, 9.17) is 11.6 Å².